The number of nitrogens with one attached hydrogen (secondary N) is 1. The maximum Gasteiger partial charge on any atom is 0.226 e. The molecule has 0 unspecified atom stereocenters. The Morgan fingerprint density at radius 2 is 2.21 bits per heavy atom. The lowest BCUT2D eigenvalue weighted by molar-refractivity contribution is -0.128. The highest BCUT2D eigenvalue weighted by atomic mass is 35.5. The molecule has 128 valence electrons. The van der Waals surface area contributed by atoms with Crippen LogP contribution < -0.4 is 5.32 Å². The van der Waals surface area contributed by atoms with E-state index in [1.165, 1.54) is 0 Å². The molecule has 0 bridgehead atoms. The van der Waals surface area contributed by atoms with Crippen LogP contribution in [0.25, 0.3) is 0 Å². The average molecular weight is 349 g/mol. The Morgan fingerprint density at radius 1 is 1.42 bits per heavy atom. The molecule has 1 fully saturated rings. The summed E-state index contributed by atoms with van der Waals surface area (Å²) in [5.41, 5.74) is 0.867. The minimum Gasteiger partial charge on any atom is -0.396 e. The van der Waals surface area contributed by atoms with Crippen molar-refractivity contribution in [3.63, 3.8) is 0 Å². The van der Waals surface area contributed by atoms with Crippen LogP contribution >= 0.6 is 11.6 Å². The molecule has 1 saturated heterocycles. The molecule has 2 amide bonds. The van der Waals surface area contributed by atoms with E-state index >= 15 is 0 Å². The van der Waals surface area contributed by atoms with E-state index in [0.29, 0.717) is 11.4 Å². The topological polar surface area (TPSA) is 69.6 Å². The summed E-state index contributed by atoms with van der Waals surface area (Å²) in [5.74, 6) is -0.532. The van der Waals surface area contributed by atoms with Gasteiger partial charge >= 0.3 is 0 Å². The van der Waals surface area contributed by atoms with Crippen LogP contribution in [0.5, 0.6) is 0 Å². The Bertz CT molecular complexity index is 676. The Morgan fingerprint density at radius 3 is 2.88 bits per heavy atom. The van der Waals surface area contributed by atoms with E-state index in [0.717, 1.165) is 5.56 Å². The molecule has 6 heteroatoms. The predicted molar refractivity (Wildman–Crippen MR) is 91.3 cm³/mol. The number of halogens is 1. The van der Waals surface area contributed by atoms with E-state index in [2.05, 4.69) is 5.32 Å². The van der Waals surface area contributed by atoms with Crippen LogP contribution in [0.1, 0.15) is 24.4 Å². The number of hydrogen-bond acceptors (Lipinski definition) is 3. The zero-order valence-corrected chi connectivity index (χ0v) is 14.2. The molecule has 3 rings (SSSR count). The lowest BCUT2D eigenvalue weighted by Crippen LogP contribution is -2.39. The summed E-state index contributed by atoms with van der Waals surface area (Å²) >= 11 is 6.07. The molecular formula is C18H21ClN2O3. The third kappa shape index (κ3) is 3.32. The lowest BCUT2D eigenvalue weighted by atomic mass is 9.92. The first-order chi connectivity index (χ1) is 11.5. The largest absolute Gasteiger partial charge is 0.396 e. The second-order valence-electron chi connectivity index (χ2n) is 6.49. The van der Waals surface area contributed by atoms with Crippen LogP contribution in [0, 0.1) is 11.8 Å². The van der Waals surface area contributed by atoms with Gasteiger partial charge in [-0.3, -0.25) is 9.59 Å². The van der Waals surface area contributed by atoms with Crippen molar-refractivity contribution in [2.24, 2.45) is 11.8 Å². The zero-order chi connectivity index (χ0) is 17.3. The fraction of sp³-hybridized carbons (Fsp3) is 0.444. The van der Waals surface area contributed by atoms with Crippen LogP contribution in [-0.2, 0) is 9.59 Å². The average Bonchev–Trinajstić information content (AvgIpc) is 3.12. The summed E-state index contributed by atoms with van der Waals surface area (Å²) in [6.07, 6.45) is 4.72. The van der Waals surface area contributed by atoms with E-state index < -0.39 is 5.92 Å². The SMILES string of the molecule is CN1C(=O)C[C@@H](C(=O)N[C@@H]2C=C[C@H](CO)C2)[C@@H]1c1cccc(Cl)c1. The van der Waals surface area contributed by atoms with Gasteiger partial charge in [-0.15, -0.1) is 0 Å². The van der Waals surface area contributed by atoms with Crippen molar-refractivity contribution in [1.29, 1.82) is 0 Å². The second-order valence-corrected chi connectivity index (χ2v) is 6.93. The molecular weight excluding hydrogens is 328 g/mol. The van der Waals surface area contributed by atoms with Gasteiger partial charge in [-0.25, -0.2) is 0 Å². The summed E-state index contributed by atoms with van der Waals surface area (Å²) in [7, 11) is 1.72. The first-order valence-electron chi connectivity index (χ1n) is 8.10. The molecule has 4 atom stereocenters. The monoisotopic (exact) mass is 348 g/mol. The number of benzene rings is 1. The number of rotatable bonds is 4. The molecule has 0 aromatic heterocycles. The van der Waals surface area contributed by atoms with E-state index in [9.17, 15) is 14.7 Å². The maximum atomic E-state index is 12.7. The van der Waals surface area contributed by atoms with Gasteiger partial charge in [0.15, 0.2) is 0 Å². The smallest absolute Gasteiger partial charge is 0.226 e. The minimum absolute atomic E-state index is 0.0460. The third-order valence-corrected chi connectivity index (χ3v) is 5.08. The van der Waals surface area contributed by atoms with E-state index in [1.54, 1.807) is 24.1 Å². The number of hydrogen-bond donors (Lipinski definition) is 2. The number of carbonyl (C=O) groups is 2. The quantitative estimate of drug-likeness (QED) is 0.817. The van der Waals surface area contributed by atoms with E-state index in [1.807, 2.05) is 24.3 Å². The lowest BCUT2D eigenvalue weighted by Gasteiger charge is -2.26. The number of aliphatic hydroxyl groups is 1. The number of carbonyl (C=O) groups excluding carboxylic acids is 2. The minimum atomic E-state index is -0.442. The predicted octanol–water partition coefficient (Wildman–Crippen LogP) is 1.91. The molecule has 0 radical (unpaired) electrons. The van der Waals surface area contributed by atoms with Crippen molar-refractivity contribution in [3.8, 4) is 0 Å². The fourth-order valence-electron chi connectivity index (χ4n) is 3.56. The van der Waals surface area contributed by atoms with Gasteiger partial charge < -0.3 is 15.3 Å². The molecule has 1 heterocycles. The van der Waals surface area contributed by atoms with Crippen LogP contribution in [0.15, 0.2) is 36.4 Å². The highest BCUT2D eigenvalue weighted by Gasteiger charge is 2.43. The van der Waals surface area contributed by atoms with Crippen molar-refractivity contribution >= 4 is 23.4 Å². The molecule has 1 aliphatic carbocycles. The van der Waals surface area contributed by atoms with Crippen LogP contribution in [0.3, 0.4) is 0 Å². The summed E-state index contributed by atoms with van der Waals surface area (Å²) < 4.78 is 0. The standard InChI is InChI=1S/C18H21ClN2O3/c1-21-16(23)9-15(17(21)12-3-2-4-13(19)8-12)18(24)20-14-6-5-11(7-14)10-22/h2-6,8,11,14-15,17,22H,7,9-10H2,1H3,(H,20,24)/t11-,14+,15+,17-/m0/s1. The van der Waals surface area contributed by atoms with Crippen LogP contribution in [-0.4, -0.2) is 41.5 Å². The maximum absolute atomic E-state index is 12.7. The van der Waals surface area contributed by atoms with Crippen molar-refractivity contribution < 1.29 is 14.7 Å². The highest BCUT2D eigenvalue weighted by molar-refractivity contribution is 6.30. The van der Waals surface area contributed by atoms with Gasteiger partial charge in [0.25, 0.3) is 0 Å². The molecule has 24 heavy (non-hydrogen) atoms. The van der Waals surface area contributed by atoms with Crippen molar-refractivity contribution in [2.45, 2.75) is 24.9 Å². The molecule has 2 aliphatic rings. The summed E-state index contributed by atoms with van der Waals surface area (Å²) in [4.78, 5) is 26.5. The van der Waals surface area contributed by atoms with Gasteiger partial charge in [0.05, 0.1) is 12.0 Å². The molecule has 1 aromatic rings. The van der Waals surface area contributed by atoms with Gasteiger partial charge in [0.1, 0.15) is 0 Å². The van der Waals surface area contributed by atoms with E-state index in [-0.39, 0.29) is 42.8 Å². The summed E-state index contributed by atoms with van der Waals surface area (Å²) in [6, 6.07) is 6.90. The van der Waals surface area contributed by atoms with Gasteiger partial charge in [-0.05, 0) is 24.1 Å². The third-order valence-electron chi connectivity index (χ3n) is 4.85. The van der Waals surface area contributed by atoms with Gasteiger partial charge in [0, 0.05) is 37.1 Å². The molecule has 1 aliphatic heterocycles. The Hall–Kier alpha value is -1.85. The fourth-order valence-corrected chi connectivity index (χ4v) is 3.76. The summed E-state index contributed by atoms with van der Waals surface area (Å²) in [6.45, 7) is 0.0820. The van der Waals surface area contributed by atoms with Crippen molar-refractivity contribution in [2.75, 3.05) is 13.7 Å². The molecule has 2 N–H and O–H groups in total. The number of likely N-dealkylation sites (tertiary alicyclic amines) is 1. The Labute approximate surface area is 146 Å². The van der Waals surface area contributed by atoms with Crippen LogP contribution in [0.4, 0.5) is 0 Å². The van der Waals surface area contributed by atoms with Crippen LogP contribution in [0.2, 0.25) is 5.02 Å². The second kappa shape index (κ2) is 6.95. The Balaban J connectivity index is 1.76. The number of amides is 2. The Kier molecular flexibility index (Phi) is 4.92. The highest BCUT2D eigenvalue weighted by Crippen LogP contribution is 2.38. The molecule has 0 saturated carbocycles. The molecule has 1 aromatic carbocycles. The van der Waals surface area contributed by atoms with Gasteiger partial charge in [-0.2, -0.15) is 0 Å². The normalized spacial score (nSPS) is 29.3. The van der Waals surface area contributed by atoms with E-state index in [4.69, 9.17) is 11.6 Å². The van der Waals surface area contributed by atoms with Crippen molar-refractivity contribution in [3.05, 3.63) is 47.0 Å². The molecule has 0 spiro atoms. The van der Waals surface area contributed by atoms with Crippen molar-refractivity contribution in [1.82, 2.24) is 10.2 Å². The van der Waals surface area contributed by atoms with Gasteiger partial charge in [0.2, 0.25) is 11.8 Å². The first kappa shape index (κ1) is 17.0. The number of aliphatic hydroxyl groups excluding tert-OH is 1. The first-order valence-corrected chi connectivity index (χ1v) is 8.48. The molecule has 5 nitrogen and oxygen atoms in total. The number of nitrogens with zero attached hydrogens (tertiary/aromatic N) is 1. The van der Waals surface area contributed by atoms with Gasteiger partial charge in [-0.1, -0.05) is 35.9 Å². The zero-order valence-electron chi connectivity index (χ0n) is 13.5. The summed E-state index contributed by atoms with van der Waals surface area (Å²) in [5, 5.41) is 12.8.